The summed E-state index contributed by atoms with van der Waals surface area (Å²) in [6.07, 6.45) is 0.738. The average Bonchev–Trinajstić information content (AvgIpc) is 2.71. The topological polar surface area (TPSA) is 43.8 Å². The first kappa shape index (κ1) is 15.0. The maximum atomic E-state index is 12.2. The van der Waals surface area contributed by atoms with Gasteiger partial charge in [0.25, 0.3) is 0 Å². The molecule has 1 aliphatic heterocycles. The number of hydrogen-bond acceptors (Lipinski definition) is 3. The van der Waals surface area contributed by atoms with Crippen molar-refractivity contribution in [3.8, 4) is 0 Å². The Balaban J connectivity index is 1.85. The van der Waals surface area contributed by atoms with E-state index in [4.69, 9.17) is 0 Å². The van der Waals surface area contributed by atoms with Crippen LogP contribution in [0, 0.1) is 6.92 Å². The second kappa shape index (κ2) is 5.94. The molecule has 0 aromatic heterocycles. The highest BCUT2D eigenvalue weighted by Crippen LogP contribution is 2.19. The minimum atomic E-state index is -0.643. The van der Waals surface area contributed by atoms with Gasteiger partial charge in [-0.1, -0.05) is 29.8 Å². The fourth-order valence-electron chi connectivity index (χ4n) is 2.54. The summed E-state index contributed by atoms with van der Waals surface area (Å²) < 4.78 is 0. The summed E-state index contributed by atoms with van der Waals surface area (Å²) in [5.74, 6) is 0.100. The Morgan fingerprint density at radius 1 is 1.40 bits per heavy atom. The Kier molecular flexibility index (Phi) is 4.45. The highest BCUT2D eigenvalue weighted by Gasteiger charge is 2.32. The van der Waals surface area contributed by atoms with E-state index in [1.165, 1.54) is 5.56 Å². The summed E-state index contributed by atoms with van der Waals surface area (Å²) in [7, 11) is 1.83. The van der Waals surface area contributed by atoms with Crippen molar-refractivity contribution in [3.05, 3.63) is 35.4 Å². The molecule has 1 N–H and O–H groups in total. The third-order valence-corrected chi connectivity index (χ3v) is 3.86. The Bertz CT molecular complexity index is 468. The van der Waals surface area contributed by atoms with Crippen LogP contribution in [-0.2, 0) is 11.3 Å². The minimum Gasteiger partial charge on any atom is -0.389 e. The Morgan fingerprint density at radius 3 is 2.60 bits per heavy atom. The number of carbonyl (C=O) groups excluding carboxylic acids is 1. The molecule has 1 aromatic rings. The van der Waals surface area contributed by atoms with Crippen molar-refractivity contribution in [2.24, 2.45) is 0 Å². The molecule has 0 radical (unpaired) electrons. The molecule has 0 bridgehead atoms. The molecule has 0 aliphatic carbocycles. The first-order valence-corrected chi connectivity index (χ1v) is 7.10. The minimum absolute atomic E-state index is 0.100. The van der Waals surface area contributed by atoms with E-state index in [1.54, 1.807) is 4.90 Å². The lowest BCUT2D eigenvalue weighted by atomic mass is 10.1. The molecule has 0 spiro atoms. The molecular formula is C16H24N2O2. The summed E-state index contributed by atoms with van der Waals surface area (Å²) in [5.41, 5.74) is 1.72. The zero-order valence-electron chi connectivity index (χ0n) is 12.6. The molecule has 1 unspecified atom stereocenters. The average molecular weight is 276 g/mol. The van der Waals surface area contributed by atoms with E-state index in [9.17, 15) is 9.90 Å². The van der Waals surface area contributed by atoms with E-state index >= 15 is 0 Å². The van der Waals surface area contributed by atoms with Gasteiger partial charge in [-0.15, -0.1) is 0 Å². The summed E-state index contributed by atoms with van der Waals surface area (Å²) in [6, 6.07) is 8.23. The van der Waals surface area contributed by atoms with E-state index in [2.05, 4.69) is 31.2 Å². The fraction of sp³-hybridized carbons (Fsp3) is 0.562. The van der Waals surface area contributed by atoms with Crippen LogP contribution in [0.1, 0.15) is 24.5 Å². The van der Waals surface area contributed by atoms with E-state index in [-0.39, 0.29) is 5.91 Å². The van der Waals surface area contributed by atoms with Crippen molar-refractivity contribution in [3.63, 3.8) is 0 Å². The van der Waals surface area contributed by atoms with Gasteiger partial charge < -0.3 is 10.0 Å². The maximum absolute atomic E-state index is 12.2. The number of likely N-dealkylation sites (N-methyl/N-ethyl adjacent to an activating group) is 1. The molecule has 1 amide bonds. The van der Waals surface area contributed by atoms with Crippen molar-refractivity contribution < 1.29 is 9.90 Å². The number of hydrogen-bond donors (Lipinski definition) is 1. The van der Waals surface area contributed by atoms with E-state index < -0.39 is 5.60 Å². The number of carbonyl (C=O) groups is 1. The molecule has 1 saturated heterocycles. The standard InChI is InChI=1S/C16H24N2O2/c1-13-4-6-14(7-5-13)10-17(3)15(19)11-18-9-8-16(2,20)12-18/h4-7,20H,8-12H2,1-3H3. The molecule has 1 atom stereocenters. The Morgan fingerprint density at radius 2 is 2.05 bits per heavy atom. The zero-order chi connectivity index (χ0) is 14.8. The number of benzene rings is 1. The zero-order valence-corrected chi connectivity index (χ0v) is 12.6. The van der Waals surface area contributed by atoms with Crippen LogP contribution in [0.25, 0.3) is 0 Å². The predicted molar refractivity (Wildman–Crippen MR) is 79.3 cm³/mol. The molecule has 1 aliphatic rings. The molecule has 1 aromatic carbocycles. The van der Waals surface area contributed by atoms with Crippen LogP contribution < -0.4 is 0 Å². The van der Waals surface area contributed by atoms with Crippen molar-refractivity contribution in [2.45, 2.75) is 32.4 Å². The molecule has 0 saturated carbocycles. The molecule has 4 heteroatoms. The smallest absolute Gasteiger partial charge is 0.236 e. The summed E-state index contributed by atoms with van der Waals surface area (Å²) in [6.45, 7) is 6.27. The summed E-state index contributed by atoms with van der Waals surface area (Å²) in [5, 5.41) is 9.91. The fourth-order valence-corrected chi connectivity index (χ4v) is 2.54. The number of β-amino-alcohol motifs (C(OH)–C–C–N with tert-alkyl or cyclic N) is 1. The van der Waals surface area contributed by atoms with E-state index in [0.717, 1.165) is 18.5 Å². The summed E-state index contributed by atoms with van der Waals surface area (Å²) >= 11 is 0. The monoisotopic (exact) mass is 276 g/mol. The molecule has 2 rings (SSSR count). The molecule has 20 heavy (non-hydrogen) atoms. The van der Waals surface area contributed by atoms with Gasteiger partial charge in [-0.25, -0.2) is 0 Å². The number of likely N-dealkylation sites (tertiary alicyclic amines) is 1. The van der Waals surface area contributed by atoms with Crippen molar-refractivity contribution in [2.75, 3.05) is 26.7 Å². The van der Waals surface area contributed by atoms with Crippen LogP contribution >= 0.6 is 0 Å². The van der Waals surface area contributed by atoms with Gasteiger partial charge in [0.1, 0.15) is 0 Å². The predicted octanol–water partition coefficient (Wildman–Crippen LogP) is 1.41. The van der Waals surface area contributed by atoms with Crippen LogP contribution in [0.4, 0.5) is 0 Å². The van der Waals surface area contributed by atoms with Gasteiger partial charge in [0.15, 0.2) is 0 Å². The molecule has 4 nitrogen and oxygen atoms in total. The third kappa shape index (κ3) is 4.05. The SMILES string of the molecule is Cc1ccc(CN(C)C(=O)CN2CCC(C)(O)C2)cc1. The largest absolute Gasteiger partial charge is 0.389 e. The number of rotatable bonds is 4. The van der Waals surface area contributed by atoms with Crippen LogP contribution in [0.5, 0.6) is 0 Å². The van der Waals surface area contributed by atoms with Gasteiger partial charge in [0.05, 0.1) is 12.1 Å². The van der Waals surface area contributed by atoms with Crippen LogP contribution in [0.2, 0.25) is 0 Å². The first-order valence-electron chi connectivity index (χ1n) is 7.10. The number of aryl methyl sites for hydroxylation is 1. The van der Waals surface area contributed by atoms with Gasteiger partial charge in [-0.05, 0) is 25.8 Å². The van der Waals surface area contributed by atoms with Crippen molar-refractivity contribution >= 4 is 5.91 Å². The lowest BCUT2D eigenvalue weighted by molar-refractivity contribution is -0.131. The van der Waals surface area contributed by atoms with Gasteiger partial charge in [0.2, 0.25) is 5.91 Å². The lowest BCUT2D eigenvalue weighted by Crippen LogP contribution is -2.38. The molecule has 1 heterocycles. The van der Waals surface area contributed by atoms with E-state index in [1.807, 2.05) is 18.9 Å². The Hall–Kier alpha value is -1.39. The van der Waals surface area contributed by atoms with Crippen LogP contribution in [0.3, 0.4) is 0 Å². The number of nitrogens with zero attached hydrogens (tertiary/aromatic N) is 2. The lowest BCUT2D eigenvalue weighted by Gasteiger charge is -2.22. The normalized spacial score (nSPS) is 23.0. The van der Waals surface area contributed by atoms with Crippen LogP contribution in [-0.4, -0.2) is 53.1 Å². The van der Waals surface area contributed by atoms with Crippen molar-refractivity contribution in [1.82, 2.24) is 9.80 Å². The number of aliphatic hydroxyl groups is 1. The quantitative estimate of drug-likeness (QED) is 0.904. The highest BCUT2D eigenvalue weighted by atomic mass is 16.3. The van der Waals surface area contributed by atoms with Crippen LogP contribution in [0.15, 0.2) is 24.3 Å². The summed E-state index contributed by atoms with van der Waals surface area (Å²) in [4.78, 5) is 16.0. The van der Waals surface area contributed by atoms with Gasteiger partial charge in [-0.2, -0.15) is 0 Å². The van der Waals surface area contributed by atoms with Gasteiger partial charge in [-0.3, -0.25) is 9.69 Å². The third-order valence-electron chi connectivity index (χ3n) is 3.86. The van der Waals surface area contributed by atoms with Crippen molar-refractivity contribution in [1.29, 1.82) is 0 Å². The second-order valence-corrected chi connectivity index (χ2v) is 6.19. The van der Waals surface area contributed by atoms with Gasteiger partial charge >= 0.3 is 0 Å². The molecule has 1 fully saturated rings. The highest BCUT2D eigenvalue weighted by molar-refractivity contribution is 5.78. The maximum Gasteiger partial charge on any atom is 0.236 e. The number of amides is 1. The molecular weight excluding hydrogens is 252 g/mol. The Labute approximate surface area is 121 Å². The molecule has 110 valence electrons. The second-order valence-electron chi connectivity index (χ2n) is 6.19. The first-order chi connectivity index (χ1) is 9.35. The van der Waals surface area contributed by atoms with E-state index in [0.29, 0.717) is 19.6 Å². The van der Waals surface area contributed by atoms with Gasteiger partial charge in [0, 0.05) is 26.7 Å².